The highest BCUT2D eigenvalue weighted by Gasteiger charge is 2.19. The molecular weight excluding hydrogens is 399 g/mol. The Labute approximate surface area is 175 Å². The van der Waals surface area contributed by atoms with Crippen LogP contribution in [0.5, 0.6) is 5.75 Å². The lowest BCUT2D eigenvalue weighted by Gasteiger charge is -2.10. The molecule has 2 aromatic carbocycles. The van der Waals surface area contributed by atoms with Crippen molar-refractivity contribution in [2.75, 3.05) is 6.61 Å². The molecule has 2 rings (SSSR count). The van der Waals surface area contributed by atoms with Gasteiger partial charge in [0, 0.05) is 6.07 Å². The largest absolute Gasteiger partial charge is 0.462 e. The molecule has 0 amide bonds. The second-order valence-corrected chi connectivity index (χ2v) is 7.23. The van der Waals surface area contributed by atoms with E-state index in [2.05, 4.69) is 6.92 Å². The maximum atomic E-state index is 12.5. The molecule has 0 heterocycles. The van der Waals surface area contributed by atoms with Gasteiger partial charge in [0.2, 0.25) is 0 Å². The van der Waals surface area contributed by atoms with Crippen LogP contribution in [-0.4, -0.2) is 18.5 Å². The van der Waals surface area contributed by atoms with Crippen LogP contribution in [0.2, 0.25) is 10.0 Å². The van der Waals surface area contributed by atoms with E-state index in [0.29, 0.717) is 11.6 Å². The molecule has 0 aliphatic heterocycles. The van der Waals surface area contributed by atoms with Crippen molar-refractivity contribution in [3.63, 3.8) is 0 Å². The number of carbonyl (C=O) groups excluding carboxylic acids is 2. The summed E-state index contributed by atoms with van der Waals surface area (Å²) in [7, 11) is 0. The molecule has 0 aromatic heterocycles. The monoisotopic (exact) mass is 422 g/mol. The highest BCUT2D eigenvalue weighted by Crippen LogP contribution is 2.27. The zero-order valence-electron chi connectivity index (χ0n) is 15.9. The molecule has 0 bridgehead atoms. The summed E-state index contributed by atoms with van der Waals surface area (Å²) >= 11 is 11.8. The fourth-order valence-electron chi connectivity index (χ4n) is 2.67. The molecule has 28 heavy (non-hydrogen) atoms. The van der Waals surface area contributed by atoms with Gasteiger partial charge in [0.15, 0.2) is 0 Å². The highest BCUT2D eigenvalue weighted by atomic mass is 35.5. The zero-order valence-corrected chi connectivity index (χ0v) is 17.4. The highest BCUT2D eigenvalue weighted by molar-refractivity contribution is 6.42. The lowest BCUT2D eigenvalue weighted by atomic mass is 10.1. The third-order valence-electron chi connectivity index (χ3n) is 4.20. The average molecular weight is 423 g/mol. The van der Waals surface area contributed by atoms with Crippen molar-refractivity contribution in [1.29, 1.82) is 0 Å². The van der Waals surface area contributed by atoms with Gasteiger partial charge in [0.1, 0.15) is 5.75 Å². The van der Waals surface area contributed by atoms with Crippen molar-refractivity contribution in [3.05, 3.63) is 63.6 Å². The fourth-order valence-corrected chi connectivity index (χ4v) is 2.95. The van der Waals surface area contributed by atoms with Gasteiger partial charge in [0.25, 0.3) is 0 Å². The smallest absolute Gasteiger partial charge is 0.344 e. The molecule has 0 aliphatic carbocycles. The molecule has 0 N–H and O–H groups in total. The van der Waals surface area contributed by atoms with Crippen LogP contribution in [0.15, 0.2) is 42.5 Å². The topological polar surface area (TPSA) is 52.6 Å². The molecule has 0 fully saturated rings. The van der Waals surface area contributed by atoms with Crippen LogP contribution in [0.3, 0.4) is 0 Å². The number of carbonyl (C=O) groups is 2. The summed E-state index contributed by atoms with van der Waals surface area (Å²) < 4.78 is 10.6. The summed E-state index contributed by atoms with van der Waals surface area (Å²) in [6, 6.07) is 10.9. The standard InChI is InChI=1S/C22H24Cl2O4/c1-2-3-4-5-6-9-14-27-21(25)17-10-7-8-11-18(17)22(26)28-16-12-13-19(23)20(24)15-16/h7-8,10-13,15H,2-6,9,14H2,1H3. The first-order chi connectivity index (χ1) is 13.5. The molecule has 150 valence electrons. The van der Waals surface area contributed by atoms with Gasteiger partial charge in [-0.15, -0.1) is 0 Å². The van der Waals surface area contributed by atoms with Gasteiger partial charge >= 0.3 is 11.9 Å². The minimum absolute atomic E-state index is 0.140. The molecule has 0 saturated heterocycles. The molecule has 0 unspecified atom stereocenters. The van der Waals surface area contributed by atoms with Gasteiger partial charge in [-0.25, -0.2) is 9.59 Å². The summed E-state index contributed by atoms with van der Waals surface area (Å²) in [4.78, 5) is 24.9. The lowest BCUT2D eigenvalue weighted by Crippen LogP contribution is -2.16. The first kappa shape index (κ1) is 22.3. The summed E-state index contributed by atoms with van der Waals surface area (Å²) in [6.07, 6.45) is 6.60. The Morgan fingerprint density at radius 1 is 0.821 bits per heavy atom. The predicted molar refractivity (Wildman–Crippen MR) is 112 cm³/mol. The Hall–Kier alpha value is -2.04. The Kier molecular flexibility index (Phi) is 9.32. The number of unbranched alkanes of at least 4 members (excludes halogenated alkanes) is 5. The summed E-state index contributed by atoms with van der Waals surface area (Å²) in [5.74, 6) is -0.949. The first-order valence-corrected chi connectivity index (χ1v) is 10.2. The van der Waals surface area contributed by atoms with E-state index in [9.17, 15) is 9.59 Å². The van der Waals surface area contributed by atoms with Crippen molar-refractivity contribution in [2.24, 2.45) is 0 Å². The van der Waals surface area contributed by atoms with Crippen molar-refractivity contribution in [2.45, 2.75) is 45.4 Å². The SMILES string of the molecule is CCCCCCCCOC(=O)c1ccccc1C(=O)Oc1ccc(Cl)c(Cl)c1. The van der Waals surface area contributed by atoms with E-state index < -0.39 is 11.9 Å². The van der Waals surface area contributed by atoms with Crippen LogP contribution >= 0.6 is 23.2 Å². The maximum Gasteiger partial charge on any atom is 0.344 e. The lowest BCUT2D eigenvalue weighted by molar-refractivity contribution is 0.0489. The van der Waals surface area contributed by atoms with Crippen molar-refractivity contribution >= 4 is 35.1 Å². The van der Waals surface area contributed by atoms with E-state index >= 15 is 0 Å². The van der Waals surface area contributed by atoms with E-state index in [4.69, 9.17) is 32.7 Å². The second-order valence-electron chi connectivity index (χ2n) is 6.41. The van der Waals surface area contributed by atoms with Crippen LogP contribution in [-0.2, 0) is 4.74 Å². The minimum atomic E-state index is -0.662. The number of halogens is 2. The Morgan fingerprint density at radius 3 is 2.14 bits per heavy atom. The molecule has 6 heteroatoms. The number of esters is 2. The summed E-state index contributed by atoms with van der Waals surface area (Å²) in [6.45, 7) is 2.51. The molecule has 0 atom stereocenters. The van der Waals surface area contributed by atoms with Crippen LogP contribution in [0.1, 0.15) is 66.2 Å². The summed E-state index contributed by atoms with van der Waals surface area (Å²) in [5.41, 5.74) is 0.320. The number of ether oxygens (including phenoxy) is 2. The van der Waals surface area contributed by atoms with Gasteiger partial charge in [-0.05, 0) is 30.7 Å². The molecule has 0 aliphatic rings. The van der Waals surface area contributed by atoms with Gasteiger partial charge in [-0.3, -0.25) is 0 Å². The van der Waals surface area contributed by atoms with Gasteiger partial charge in [-0.2, -0.15) is 0 Å². The number of rotatable bonds is 10. The predicted octanol–water partition coefficient (Wildman–Crippen LogP) is 6.73. The molecule has 0 saturated carbocycles. The van der Waals surface area contributed by atoms with E-state index in [0.717, 1.165) is 19.3 Å². The zero-order chi connectivity index (χ0) is 20.4. The number of benzene rings is 2. The Balaban J connectivity index is 1.94. The maximum absolute atomic E-state index is 12.5. The van der Waals surface area contributed by atoms with Crippen molar-refractivity contribution < 1.29 is 19.1 Å². The van der Waals surface area contributed by atoms with E-state index in [-0.39, 0.29) is 21.9 Å². The molecule has 0 radical (unpaired) electrons. The van der Waals surface area contributed by atoms with Crippen molar-refractivity contribution in [3.8, 4) is 5.75 Å². The van der Waals surface area contributed by atoms with Gasteiger partial charge in [0.05, 0.1) is 27.8 Å². The van der Waals surface area contributed by atoms with Crippen LogP contribution in [0.25, 0.3) is 0 Å². The van der Waals surface area contributed by atoms with Crippen LogP contribution in [0, 0.1) is 0 Å². The van der Waals surface area contributed by atoms with E-state index in [1.165, 1.54) is 43.5 Å². The second kappa shape index (κ2) is 11.7. The Morgan fingerprint density at radius 2 is 1.46 bits per heavy atom. The normalized spacial score (nSPS) is 10.5. The molecule has 2 aromatic rings. The van der Waals surface area contributed by atoms with Gasteiger partial charge in [-0.1, -0.05) is 74.4 Å². The Bertz CT molecular complexity index is 805. The number of hydrogen-bond donors (Lipinski definition) is 0. The first-order valence-electron chi connectivity index (χ1n) is 9.46. The molecular formula is C22H24Cl2O4. The van der Waals surface area contributed by atoms with E-state index in [1.54, 1.807) is 18.2 Å². The molecule has 4 nitrogen and oxygen atoms in total. The van der Waals surface area contributed by atoms with Gasteiger partial charge < -0.3 is 9.47 Å². The third kappa shape index (κ3) is 6.84. The molecule has 0 spiro atoms. The average Bonchev–Trinajstić information content (AvgIpc) is 2.70. The third-order valence-corrected chi connectivity index (χ3v) is 4.94. The minimum Gasteiger partial charge on any atom is -0.462 e. The van der Waals surface area contributed by atoms with Crippen LogP contribution in [0.4, 0.5) is 0 Å². The quantitative estimate of drug-likeness (QED) is 0.242. The number of hydrogen-bond acceptors (Lipinski definition) is 4. The summed E-state index contributed by atoms with van der Waals surface area (Å²) in [5, 5.41) is 0.638. The fraction of sp³-hybridized carbons (Fsp3) is 0.364. The van der Waals surface area contributed by atoms with Crippen LogP contribution < -0.4 is 4.74 Å². The van der Waals surface area contributed by atoms with Crippen molar-refractivity contribution in [1.82, 2.24) is 0 Å². The van der Waals surface area contributed by atoms with E-state index in [1.807, 2.05) is 0 Å².